The average Bonchev–Trinajstić information content (AvgIpc) is 3.11. The van der Waals surface area contributed by atoms with E-state index in [-0.39, 0.29) is 5.69 Å². The molecule has 0 aliphatic rings. The number of nitrogens with zero attached hydrogens (tertiary/aromatic N) is 4. The Morgan fingerprint density at radius 3 is 2.47 bits per heavy atom. The normalized spacial score (nSPS) is 12.1. The van der Waals surface area contributed by atoms with Gasteiger partial charge >= 0.3 is 12.1 Å². The zero-order valence-electron chi connectivity index (χ0n) is 14.6. The van der Waals surface area contributed by atoms with Crippen molar-refractivity contribution in [3.63, 3.8) is 0 Å². The smallest absolute Gasteiger partial charge is 0.345 e. The Balaban J connectivity index is 1.78. The number of nitrogens with one attached hydrogen (secondary N) is 1. The van der Waals surface area contributed by atoms with Crippen molar-refractivity contribution >= 4 is 17.5 Å². The van der Waals surface area contributed by atoms with Gasteiger partial charge in [-0.25, -0.2) is 9.07 Å². The van der Waals surface area contributed by atoms with Crippen LogP contribution < -0.4 is 5.32 Å². The van der Waals surface area contributed by atoms with Crippen molar-refractivity contribution in [1.29, 1.82) is 0 Å². The molecule has 0 fully saturated rings. The molecule has 0 saturated heterocycles. The second-order valence-corrected chi connectivity index (χ2v) is 6.32. The van der Waals surface area contributed by atoms with Gasteiger partial charge in [0, 0.05) is 6.20 Å². The highest BCUT2D eigenvalue weighted by atomic mass is 35.5. The lowest BCUT2D eigenvalue weighted by molar-refractivity contribution is -0.141. The Morgan fingerprint density at radius 1 is 1.13 bits per heavy atom. The first-order chi connectivity index (χ1) is 14.0. The molecule has 6 nitrogen and oxygen atoms in total. The third-order valence-corrected chi connectivity index (χ3v) is 4.07. The van der Waals surface area contributed by atoms with Crippen molar-refractivity contribution in [2.45, 2.75) is 12.1 Å². The van der Waals surface area contributed by atoms with Gasteiger partial charge in [-0.3, -0.25) is 14.8 Å². The molecular weight excluding hydrogens is 440 g/mol. The first-order valence-electron chi connectivity index (χ1n) is 8.04. The Hall–Kier alpha value is -3.15. The number of rotatable bonds is 5. The van der Waals surface area contributed by atoms with Gasteiger partial charge in [-0.15, -0.1) is 0 Å². The highest BCUT2D eigenvalue weighted by Gasteiger charge is 2.39. The fourth-order valence-electron chi connectivity index (χ4n) is 2.45. The molecule has 0 unspecified atom stereocenters. The highest BCUT2D eigenvalue weighted by Crippen LogP contribution is 2.33. The molecule has 13 heteroatoms. The van der Waals surface area contributed by atoms with E-state index < -0.39 is 52.3 Å². The van der Waals surface area contributed by atoms with Gasteiger partial charge in [0.2, 0.25) is 0 Å². The highest BCUT2D eigenvalue weighted by molar-refractivity contribution is 6.31. The molecule has 0 spiro atoms. The third kappa shape index (κ3) is 4.53. The Morgan fingerprint density at radius 2 is 1.87 bits per heavy atom. The van der Waals surface area contributed by atoms with Crippen molar-refractivity contribution in [3.05, 3.63) is 70.8 Å². The Bertz CT molecular complexity index is 1080. The van der Waals surface area contributed by atoms with E-state index in [1.165, 1.54) is 0 Å². The van der Waals surface area contributed by atoms with Gasteiger partial charge in [0.05, 0.1) is 41.4 Å². The number of pyridine rings is 2. The monoisotopic (exact) mass is 449 g/mol. The number of halogens is 7. The zero-order valence-corrected chi connectivity index (χ0v) is 15.3. The maximum absolute atomic E-state index is 14.5. The maximum Gasteiger partial charge on any atom is 0.434 e. The minimum absolute atomic E-state index is 0.0951. The number of hydrogen-bond acceptors (Lipinski definition) is 4. The van der Waals surface area contributed by atoms with E-state index in [9.17, 15) is 31.1 Å². The molecule has 0 aliphatic carbocycles. The average molecular weight is 450 g/mol. The Labute approximate surface area is 169 Å². The minimum atomic E-state index is -4.94. The SMILES string of the molecule is O=C(NCC(F)(F)c1ncc(-n2cc(F)cn2)cc1Cl)c1cccnc1C(F)(F)F. The largest absolute Gasteiger partial charge is 0.434 e. The molecule has 3 aromatic rings. The number of aromatic nitrogens is 4. The van der Waals surface area contributed by atoms with Gasteiger partial charge in [0.25, 0.3) is 5.91 Å². The molecule has 0 radical (unpaired) electrons. The number of carbonyl (C=O) groups is 1. The first-order valence-corrected chi connectivity index (χ1v) is 8.41. The van der Waals surface area contributed by atoms with Crippen LogP contribution in [0.3, 0.4) is 0 Å². The molecule has 0 bridgehead atoms. The lowest BCUT2D eigenvalue weighted by Gasteiger charge is -2.19. The van der Waals surface area contributed by atoms with Gasteiger partial charge in [0.15, 0.2) is 11.5 Å². The van der Waals surface area contributed by atoms with E-state index in [1.807, 2.05) is 0 Å². The fourth-order valence-corrected chi connectivity index (χ4v) is 2.75. The molecule has 0 saturated carbocycles. The molecule has 3 rings (SSSR count). The minimum Gasteiger partial charge on any atom is -0.345 e. The van der Waals surface area contributed by atoms with Crippen molar-refractivity contribution in [2.24, 2.45) is 0 Å². The lowest BCUT2D eigenvalue weighted by atomic mass is 10.1. The van der Waals surface area contributed by atoms with Crippen molar-refractivity contribution in [1.82, 2.24) is 25.1 Å². The second kappa shape index (κ2) is 7.94. The van der Waals surface area contributed by atoms with Crippen LogP contribution in [0.2, 0.25) is 5.02 Å². The van der Waals surface area contributed by atoms with Crippen molar-refractivity contribution in [3.8, 4) is 5.69 Å². The van der Waals surface area contributed by atoms with Crippen LogP contribution in [-0.4, -0.2) is 32.2 Å². The van der Waals surface area contributed by atoms with Crippen LogP contribution in [0.5, 0.6) is 0 Å². The molecule has 0 atom stereocenters. The van der Waals surface area contributed by atoms with Crippen LogP contribution in [0, 0.1) is 5.82 Å². The van der Waals surface area contributed by atoms with Gasteiger partial charge in [-0.1, -0.05) is 11.6 Å². The van der Waals surface area contributed by atoms with Crippen LogP contribution in [-0.2, 0) is 12.1 Å². The molecule has 3 aromatic heterocycles. The van der Waals surface area contributed by atoms with E-state index in [4.69, 9.17) is 11.6 Å². The fraction of sp³-hybridized carbons (Fsp3) is 0.176. The molecular formula is C17H10ClF6N5O. The number of alkyl halides is 5. The van der Waals surface area contributed by atoms with Crippen LogP contribution in [0.4, 0.5) is 26.3 Å². The summed E-state index contributed by atoms with van der Waals surface area (Å²) in [6, 6.07) is 2.93. The van der Waals surface area contributed by atoms with E-state index in [2.05, 4.69) is 15.1 Å². The Kier molecular flexibility index (Phi) is 5.70. The van der Waals surface area contributed by atoms with Crippen molar-refractivity contribution in [2.75, 3.05) is 6.54 Å². The van der Waals surface area contributed by atoms with E-state index in [0.717, 1.165) is 47.7 Å². The molecule has 1 amide bonds. The molecule has 1 N–H and O–H groups in total. The summed E-state index contributed by atoms with van der Waals surface area (Å²) in [5.74, 6) is -5.88. The van der Waals surface area contributed by atoms with Crippen LogP contribution in [0.25, 0.3) is 5.69 Å². The van der Waals surface area contributed by atoms with E-state index in [0.29, 0.717) is 0 Å². The third-order valence-electron chi connectivity index (χ3n) is 3.78. The van der Waals surface area contributed by atoms with Crippen LogP contribution >= 0.6 is 11.6 Å². The number of hydrogen-bond donors (Lipinski definition) is 1. The second-order valence-electron chi connectivity index (χ2n) is 5.91. The molecule has 158 valence electrons. The predicted octanol–water partition coefficient (Wildman–Crippen LogP) is 4.00. The van der Waals surface area contributed by atoms with E-state index in [1.54, 1.807) is 5.32 Å². The summed E-state index contributed by atoms with van der Waals surface area (Å²) in [7, 11) is 0. The zero-order chi connectivity index (χ0) is 22.1. The summed E-state index contributed by atoms with van der Waals surface area (Å²) in [4.78, 5) is 18.7. The summed E-state index contributed by atoms with van der Waals surface area (Å²) in [5.41, 5.74) is -3.24. The van der Waals surface area contributed by atoms with Crippen LogP contribution in [0.1, 0.15) is 21.7 Å². The summed E-state index contributed by atoms with van der Waals surface area (Å²) >= 11 is 5.84. The standard InChI is InChI=1S/C17H10ClF6N5O/c18-12-4-10(29-7-9(19)5-28-29)6-26-14(12)16(20,21)8-27-15(30)11-2-1-3-25-13(11)17(22,23)24/h1-7H,8H2,(H,27,30). The van der Waals surface area contributed by atoms with Gasteiger partial charge in [0.1, 0.15) is 5.69 Å². The van der Waals surface area contributed by atoms with Gasteiger partial charge in [-0.2, -0.15) is 27.1 Å². The summed E-state index contributed by atoms with van der Waals surface area (Å²) < 4.78 is 81.8. The summed E-state index contributed by atoms with van der Waals surface area (Å²) in [6.45, 7) is -1.37. The maximum atomic E-state index is 14.5. The molecule has 30 heavy (non-hydrogen) atoms. The van der Waals surface area contributed by atoms with Crippen molar-refractivity contribution < 1.29 is 31.1 Å². The quantitative estimate of drug-likeness (QED) is 0.598. The molecule has 0 aliphatic heterocycles. The number of amides is 1. The topological polar surface area (TPSA) is 72.7 Å². The predicted molar refractivity (Wildman–Crippen MR) is 91.8 cm³/mol. The first kappa shape index (κ1) is 21.6. The summed E-state index contributed by atoms with van der Waals surface area (Å²) in [5, 5.41) is 4.86. The molecule has 3 heterocycles. The summed E-state index contributed by atoms with van der Waals surface area (Å²) in [6.07, 6.45) is -1.31. The lowest BCUT2D eigenvalue weighted by Crippen LogP contribution is -2.36. The number of carbonyl (C=O) groups excluding carboxylic acids is 1. The van der Waals surface area contributed by atoms with E-state index >= 15 is 0 Å². The van der Waals surface area contributed by atoms with Gasteiger partial charge in [-0.05, 0) is 18.2 Å². The molecule has 0 aromatic carbocycles. The van der Waals surface area contributed by atoms with Gasteiger partial charge < -0.3 is 5.32 Å². The van der Waals surface area contributed by atoms with Crippen LogP contribution in [0.15, 0.2) is 43.0 Å².